The number of aliphatic hydroxyl groups excluding tert-OH is 2. The number of fused-ring (bicyclic) bond motifs is 2. The normalized spacial score (nSPS) is 38.2. The van der Waals surface area contributed by atoms with E-state index in [0.29, 0.717) is 25.0 Å². The van der Waals surface area contributed by atoms with E-state index in [1.807, 2.05) is 6.08 Å². The molecule has 0 radical (unpaired) electrons. The summed E-state index contributed by atoms with van der Waals surface area (Å²) in [6.45, 7) is 3.66. The molecule has 4 fully saturated rings. The van der Waals surface area contributed by atoms with E-state index in [4.69, 9.17) is 9.47 Å². The Balaban J connectivity index is 1.47. The van der Waals surface area contributed by atoms with Gasteiger partial charge in [-0.1, -0.05) is 64.0 Å². The van der Waals surface area contributed by atoms with E-state index in [1.54, 1.807) is 0 Å². The van der Waals surface area contributed by atoms with Gasteiger partial charge in [-0.3, -0.25) is 0 Å². The van der Waals surface area contributed by atoms with Crippen molar-refractivity contribution in [1.29, 1.82) is 0 Å². The van der Waals surface area contributed by atoms with E-state index in [1.165, 1.54) is 44.9 Å². The summed E-state index contributed by atoms with van der Waals surface area (Å²) in [4.78, 5) is 0. The zero-order valence-electron chi connectivity index (χ0n) is 18.4. The first-order chi connectivity index (χ1) is 14.1. The molecule has 0 aromatic rings. The fourth-order valence-corrected chi connectivity index (χ4v) is 6.95. The molecule has 3 saturated carbocycles. The first kappa shape index (κ1) is 21.8. The molecular formula is C25H42O4. The molecule has 0 bridgehead atoms. The average Bonchev–Trinajstić information content (AvgIpc) is 3.24. The molecule has 1 heterocycles. The molecule has 0 aromatic carbocycles. The van der Waals surface area contributed by atoms with Crippen LogP contribution in [0.5, 0.6) is 0 Å². The van der Waals surface area contributed by atoms with Crippen molar-refractivity contribution in [2.75, 3.05) is 13.2 Å². The Morgan fingerprint density at radius 1 is 1.03 bits per heavy atom. The number of ether oxygens (including phenoxy) is 2. The highest BCUT2D eigenvalue weighted by Crippen LogP contribution is 2.68. The number of hydrogen-bond donors (Lipinski definition) is 2. The number of rotatable bonds is 8. The average molecular weight is 407 g/mol. The minimum absolute atomic E-state index is 0.0429. The lowest BCUT2D eigenvalue weighted by atomic mass is 9.44. The number of hydrogen-bond acceptors (Lipinski definition) is 4. The number of aliphatic hydroxyl groups is 2. The standard InChI is InChI=1S/C25H42O4/c1-2-3-4-8-14-24-15-13-23(27)20(21(24)18-25(24)28-16-17-29-25)11-12-22(26)19-9-6-5-7-10-19/h11-12,19-23,26-27H,2-10,13-18H2,1H3/b12-11+/t20-,21-,22-,23-,24+/m1/s1. The van der Waals surface area contributed by atoms with Crippen LogP contribution >= 0.6 is 0 Å². The molecule has 29 heavy (non-hydrogen) atoms. The van der Waals surface area contributed by atoms with Crippen molar-refractivity contribution in [3.63, 3.8) is 0 Å². The Kier molecular flexibility index (Phi) is 7.05. The van der Waals surface area contributed by atoms with Crippen LogP contribution in [0.3, 0.4) is 0 Å². The Morgan fingerprint density at radius 3 is 2.52 bits per heavy atom. The summed E-state index contributed by atoms with van der Waals surface area (Å²) in [5.74, 6) is 0.513. The zero-order chi connectivity index (χ0) is 20.3. The van der Waals surface area contributed by atoms with Gasteiger partial charge in [0.25, 0.3) is 0 Å². The highest BCUT2D eigenvalue weighted by atomic mass is 16.7. The van der Waals surface area contributed by atoms with Gasteiger partial charge in [0.15, 0.2) is 5.79 Å². The van der Waals surface area contributed by atoms with Crippen molar-refractivity contribution in [1.82, 2.24) is 0 Å². The van der Waals surface area contributed by atoms with E-state index in [-0.39, 0.29) is 23.5 Å². The first-order valence-electron chi connectivity index (χ1n) is 12.4. The summed E-state index contributed by atoms with van der Waals surface area (Å²) in [5, 5.41) is 21.6. The molecule has 4 rings (SSSR count). The van der Waals surface area contributed by atoms with Gasteiger partial charge in [0.05, 0.1) is 25.4 Å². The van der Waals surface area contributed by atoms with Gasteiger partial charge >= 0.3 is 0 Å². The maximum absolute atomic E-state index is 10.9. The first-order valence-corrected chi connectivity index (χ1v) is 12.4. The maximum Gasteiger partial charge on any atom is 0.174 e. The molecule has 1 aliphatic heterocycles. The third-order valence-electron chi connectivity index (χ3n) is 8.65. The third-order valence-corrected chi connectivity index (χ3v) is 8.65. The van der Waals surface area contributed by atoms with Gasteiger partial charge < -0.3 is 19.7 Å². The van der Waals surface area contributed by atoms with Crippen molar-refractivity contribution in [3.05, 3.63) is 12.2 Å². The van der Waals surface area contributed by atoms with Gasteiger partial charge in [-0.15, -0.1) is 0 Å². The predicted octanol–water partition coefficient (Wildman–Crippen LogP) is 4.97. The zero-order valence-corrected chi connectivity index (χ0v) is 18.4. The third kappa shape index (κ3) is 4.07. The second kappa shape index (κ2) is 9.38. The second-order valence-electron chi connectivity index (χ2n) is 10.2. The van der Waals surface area contributed by atoms with E-state index in [2.05, 4.69) is 13.0 Å². The Morgan fingerprint density at radius 2 is 1.79 bits per heavy atom. The lowest BCUT2D eigenvalue weighted by Crippen LogP contribution is -2.69. The van der Waals surface area contributed by atoms with Crippen LogP contribution in [-0.2, 0) is 9.47 Å². The minimum Gasteiger partial charge on any atom is -0.393 e. The molecule has 1 saturated heterocycles. The molecule has 5 atom stereocenters. The summed E-state index contributed by atoms with van der Waals surface area (Å²) in [7, 11) is 0. The van der Waals surface area contributed by atoms with Crippen LogP contribution in [0, 0.1) is 23.2 Å². The van der Waals surface area contributed by atoms with Crippen LogP contribution in [0.15, 0.2) is 12.2 Å². The molecule has 0 aromatic heterocycles. The SMILES string of the molecule is CCCCCC[C@]12CC[C@@H](O)[C@H](/C=C/[C@@H](O)C3CCCCC3)[C@H]1CC21OCCO1. The smallest absolute Gasteiger partial charge is 0.174 e. The Hall–Kier alpha value is -0.420. The maximum atomic E-state index is 10.9. The second-order valence-corrected chi connectivity index (χ2v) is 10.2. The van der Waals surface area contributed by atoms with Gasteiger partial charge in [0.2, 0.25) is 0 Å². The molecule has 4 nitrogen and oxygen atoms in total. The quantitative estimate of drug-likeness (QED) is 0.441. The summed E-state index contributed by atoms with van der Waals surface area (Å²) in [5.41, 5.74) is 0.0429. The van der Waals surface area contributed by atoms with Crippen LogP contribution < -0.4 is 0 Å². The van der Waals surface area contributed by atoms with Crippen molar-refractivity contribution < 1.29 is 19.7 Å². The van der Waals surface area contributed by atoms with Crippen LogP contribution in [-0.4, -0.2) is 41.4 Å². The highest BCUT2D eigenvalue weighted by molar-refractivity contribution is 5.18. The lowest BCUT2D eigenvalue weighted by Gasteiger charge is -2.66. The number of unbranched alkanes of at least 4 members (excludes halogenated alkanes) is 3. The van der Waals surface area contributed by atoms with E-state index >= 15 is 0 Å². The monoisotopic (exact) mass is 406 g/mol. The Labute approximate surface area is 177 Å². The van der Waals surface area contributed by atoms with Crippen LogP contribution in [0.4, 0.5) is 0 Å². The van der Waals surface area contributed by atoms with E-state index in [0.717, 1.165) is 38.5 Å². The molecule has 0 unspecified atom stereocenters. The van der Waals surface area contributed by atoms with Gasteiger partial charge in [0, 0.05) is 17.8 Å². The fraction of sp³-hybridized carbons (Fsp3) is 0.920. The molecular weight excluding hydrogens is 364 g/mol. The van der Waals surface area contributed by atoms with Crippen LogP contribution in [0.1, 0.15) is 90.4 Å². The van der Waals surface area contributed by atoms with Crippen molar-refractivity contribution in [2.24, 2.45) is 23.2 Å². The fourth-order valence-electron chi connectivity index (χ4n) is 6.95. The molecule has 1 spiro atoms. The largest absolute Gasteiger partial charge is 0.393 e. The summed E-state index contributed by atoms with van der Waals surface area (Å²) in [6, 6.07) is 0. The van der Waals surface area contributed by atoms with Gasteiger partial charge in [-0.05, 0) is 43.9 Å². The van der Waals surface area contributed by atoms with Gasteiger partial charge in [-0.25, -0.2) is 0 Å². The van der Waals surface area contributed by atoms with E-state index < -0.39 is 5.79 Å². The highest BCUT2D eigenvalue weighted by Gasteiger charge is 2.71. The molecule has 166 valence electrons. The van der Waals surface area contributed by atoms with Crippen molar-refractivity contribution in [2.45, 2.75) is 108 Å². The van der Waals surface area contributed by atoms with E-state index in [9.17, 15) is 10.2 Å². The molecule has 2 N–H and O–H groups in total. The molecule has 4 aliphatic rings. The minimum atomic E-state index is -0.405. The van der Waals surface area contributed by atoms with Crippen LogP contribution in [0.2, 0.25) is 0 Å². The Bertz CT molecular complexity index is 549. The van der Waals surface area contributed by atoms with Gasteiger partial charge in [0.1, 0.15) is 0 Å². The summed E-state index contributed by atoms with van der Waals surface area (Å²) < 4.78 is 12.5. The molecule has 0 amide bonds. The molecule has 3 aliphatic carbocycles. The van der Waals surface area contributed by atoms with Crippen LogP contribution in [0.25, 0.3) is 0 Å². The molecule has 4 heteroatoms. The van der Waals surface area contributed by atoms with Crippen molar-refractivity contribution in [3.8, 4) is 0 Å². The predicted molar refractivity (Wildman–Crippen MR) is 114 cm³/mol. The topological polar surface area (TPSA) is 58.9 Å². The summed E-state index contributed by atoms with van der Waals surface area (Å²) in [6.07, 6.45) is 18.4. The summed E-state index contributed by atoms with van der Waals surface area (Å²) >= 11 is 0. The van der Waals surface area contributed by atoms with Gasteiger partial charge in [-0.2, -0.15) is 0 Å². The lowest BCUT2D eigenvalue weighted by molar-refractivity contribution is -0.353. The van der Waals surface area contributed by atoms with Crippen molar-refractivity contribution >= 4 is 0 Å².